The van der Waals surface area contributed by atoms with Crippen LogP contribution in [-0.2, 0) is 5.60 Å². The minimum Gasteiger partial charge on any atom is -0.381 e. The molecule has 0 unspecified atom stereocenters. The number of H-pyrrole nitrogens is 1. The molecule has 0 radical (unpaired) electrons. The lowest BCUT2D eigenvalue weighted by Crippen LogP contribution is -2.60. The summed E-state index contributed by atoms with van der Waals surface area (Å²) >= 11 is 0. The molecule has 0 saturated carbocycles. The van der Waals surface area contributed by atoms with Gasteiger partial charge in [0, 0.05) is 0 Å². The lowest BCUT2D eigenvalue weighted by Gasteiger charge is -2.47. The fraction of sp³-hybridized carbons (Fsp3) is 0.214. The first-order chi connectivity index (χ1) is 10.2. The lowest BCUT2D eigenvalue weighted by atomic mass is 9.86. The first kappa shape index (κ1) is 12.2. The van der Waals surface area contributed by atoms with E-state index >= 15 is 0 Å². The van der Waals surface area contributed by atoms with Crippen molar-refractivity contribution in [1.29, 1.82) is 0 Å². The normalized spacial score (nSPS) is 17.0. The smallest absolute Gasteiger partial charge is 0.182 e. The highest BCUT2D eigenvalue weighted by atomic mass is 19.1. The Kier molecular flexibility index (Phi) is 2.46. The lowest BCUT2D eigenvalue weighted by molar-refractivity contribution is 0.00716. The molecule has 7 heteroatoms. The maximum absolute atomic E-state index is 13.0. The number of halogens is 1. The van der Waals surface area contributed by atoms with E-state index in [0.717, 1.165) is 5.52 Å². The second-order valence-electron chi connectivity index (χ2n) is 5.19. The van der Waals surface area contributed by atoms with Crippen LogP contribution in [0.2, 0.25) is 0 Å². The summed E-state index contributed by atoms with van der Waals surface area (Å²) in [6, 6.07) is 5.93. The van der Waals surface area contributed by atoms with Gasteiger partial charge in [-0.05, 0) is 17.7 Å². The van der Waals surface area contributed by atoms with E-state index in [-0.39, 0.29) is 5.82 Å². The van der Waals surface area contributed by atoms with Crippen LogP contribution < -0.4 is 4.90 Å². The number of fused-ring (bicyclic) bond motifs is 1. The molecule has 1 fully saturated rings. The Morgan fingerprint density at radius 2 is 1.90 bits per heavy atom. The Bertz CT molecular complexity index is 794. The first-order valence-electron chi connectivity index (χ1n) is 6.53. The predicted octanol–water partition coefficient (Wildman–Crippen LogP) is 1.20. The molecule has 0 amide bonds. The zero-order valence-electron chi connectivity index (χ0n) is 11.0. The number of β-amino-alcohol motifs (C(OH)–C–C–N with tert-alkyl or cyclic N) is 1. The fourth-order valence-corrected chi connectivity index (χ4v) is 2.67. The number of imidazole rings is 1. The van der Waals surface area contributed by atoms with Crippen molar-refractivity contribution in [2.45, 2.75) is 5.60 Å². The van der Waals surface area contributed by atoms with Gasteiger partial charge in [-0.25, -0.2) is 19.3 Å². The summed E-state index contributed by atoms with van der Waals surface area (Å²) in [5.41, 5.74) is 1.07. The molecule has 21 heavy (non-hydrogen) atoms. The van der Waals surface area contributed by atoms with E-state index in [1.165, 1.54) is 18.5 Å². The number of aliphatic hydroxyl groups is 1. The third-order valence-corrected chi connectivity index (χ3v) is 3.79. The van der Waals surface area contributed by atoms with Crippen molar-refractivity contribution in [2.24, 2.45) is 0 Å². The van der Waals surface area contributed by atoms with E-state index in [1.54, 1.807) is 18.5 Å². The zero-order valence-corrected chi connectivity index (χ0v) is 11.0. The Hall–Kier alpha value is -2.54. The van der Waals surface area contributed by atoms with Crippen LogP contribution in [0.1, 0.15) is 5.56 Å². The summed E-state index contributed by atoms with van der Waals surface area (Å²) in [4.78, 5) is 17.3. The number of anilines is 1. The van der Waals surface area contributed by atoms with E-state index in [4.69, 9.17) is 0 Å². The molecule has 1 aliphatic rings. The number of nitrogens with one attached hydrogen (secondary N) is 1. The van der Waals surface area contributed by atoms with Crippen molar-refractivity contribution in [3.05, 3.63) is 48.3 Å². The SMILES string of the molecule is OC1(c2ccc(F)cc2)CN(c2ncnc3nc[nH]c23)C1. The maximum Gasteiger partial charge on any atom is 0.182 e. The quantitative estimate of drug-likeness (QED) is 0.739. The van der Waals surface area contributed by atoms with Gasteiger partial charge in [-0.15, -0.1) is 0 Å². The van der Waals surface area contributed by atoms with Crippen molar-refractivity contribution >= 4 is 17.0 Å². The van der Waals surface area contributed by atoms with Gasteiger partial charge in [0.1, 0.15) is 23.3 Å². The summed E-state index contributed by atoms with van der Waals surface area (Å²) in [6.45, 7) is 0.785. The molecule has 3 aromatic rings. The summed E-state index contributed by atoms with van der Waals surface area (Å²) < 4.78 is 13.0. The van der Waals surface area contributed by atoms with Crippen molar-refractivity contribution in [3.63, 3.8) is 0 Å². The molecule has 2 aromatic heterocycles. The average molecular weight is 285 g/mol. The highest BCUT2D eigenvalue weighted by molar-refractivity contribution is 5.83. The van der Waals surface area contributed by atoms with Crippen LogP contribution in [0.3, 0.4) is 0 Å². The third kappa shape index (κ3) is 1.85. The van der Waals surface area contributed by atoms with E-state index in [9.17, 15) is 9.50 Å². The van der Waals surface area contributed by atoms with Gasteiger partial charge < -0.3 is 15.0 Å². The van der Waals surface area contributed by atoms with E-state index in [2.05, 4.69) is 19.9 Å². The average Bonchev–Trinajstić information content (AvgIpc) is 2.93. The zero-order chi connectivity index (χ0) is 14.4. The van der Waals surface area contributed by atoms with Crippen molar-refractivity contribution in [3.8, 4) is 0 Å². The number of hydrogen-bond donors (Lipinski definition) is 2. The van der Waals surface area contributed by atoms with Crippen LogP contribution in [0.4, 0.5) is 10.2 Å². The minimum atomic E-state index is -0.981. The van der Waals surface area contributed by atoms with Gasteiger partial charge in [-0.2, -0.15) is 0 Å². The summed E-state index contributed by atoms with van der Waals surface area (Å²) in [5.74, 6) is 0.401. The van der Waals surface area contributed by atoms with Crippen LogP contribution in [0.5, 0.6) is 0 Å². The van der Waals surface area contributed by atoms with Crippen molar-refractivity contribution < 1.29 is 9.50 Å². The Balaban J connectivity index is 1.62. The molecule has 106 valence electrons. The number of nitrogens with zero attached hydrogens (tertiary/aromatic N) is 4. The van der Waals surface area contributed by atoms with Crippen LogP contribution in [0.15, 0.2) is 36.9 Å². The van der Waals surface area contributed by atoms with E-state index in [0.29, 0.717) is 30.1 Å². The van der Waals surface area contributed by atoms with E-state index in [1.807, 2.05) is 4.90 Å². The predicted molar refractivity (Wildman–Crippen MR) is 74.2 cm³/mol. The number of aromatic nitrogens is 4. The Morgan fingerprint density at radius 1 is 1.14 bits per heavy atom. The summed E-state index contributed by atoms with van der Waals surface area (Å²) in [7, 11) is 0. The molecule has 1 aliphatic heterocycles. The highest BCUT2D eigenvalue weighted by Crippen LogP contribution is 2.36. The monoisotopic (exact) mass is 285 g/mol. The second-order valence-corrected chi connectivity index (χ2v) is 5.19. The number of benzene rings is 1. The van der Waals surface area contributed by atoms with Gasteiger partial charge in [0.05, 0.1) is 19.4 Å². The maximum atomic E-state index is 13.0. The van der Waals surface area contributed by atoms with Gasteiger partial charge in [-0.3, -0.25) is 0 Å². The molecular formula is C14H12FN5O. The topological polar surface area (TPSA) is 77.9 Å². The number of hydrogen-bond acceptors (Lipinski definition) is 5. The molecule has 1 aromatic carbocycles. The Morgan fingerprint density at radius 3 is 2.67 bits per heavy atom. The standard InChI is InChI=1S/C14H12FN5O/c15-10-3-1-9(2-4-10)14(21)5-20(6-14)13-11-12(17-7-16-11)18-8-19-13/h1-4,7-8,21H,5-6H2,(H,16,17,18,19). The van der Waals surface area contributed by atoms with Crippen LogP contribution in [0, 0.1) is 5.82 Å². The molecular weight excluding hydrogens is 273 g/mol. The molecule has 0 spiro atoms. The molecule has 3 heterocycles. The second kappa shape index (κ2) is 4.23. The van der Waals surface area contributed by atoms with Crippen LogP contribution in [0.25, 0.3) is 11.2 Å². The molecule has 0 bridgehead atoms. The fourth-order valence-electron chi connectivity index (χ4n) is 2.67. The molecule has 4 rings (SSSR count). The molecule has 0 aliphatic carbocycles. The third-order valence-electron chi connectivity index (χ3n) is 3.79. The largest absolute Gasteiger partial charge is 0.381 e. The summed E-state index contributed by atoms with van der Waals surface area (Å²) in [5, 5.41) is 10.6. The molecule has 0 atom stereocenters. The van der Waals surface area contributed by atoms with Crippen molar-refractivity contribution in [2.75, 3.05) is 18.0 Å². The number of rotatable bonds is 2. The molecule has 6 nitrogen and oxygen atoms in total. The first-order valence-corrected chi connectivity index (χ1v) is 6.53. The molecule has 2 N–H and O–H groups in total. The van der Waals surface area contributed by atoms with Gasteiger partial charge in [0.2, 0.25) is 0 Å². The van der Waals surface area contributed by atoms with E-state index < -0.39 is 5.60 Å². The molecule has 1 saturated heterocycles. The Labute approximate surface area is 119 Å². The minimum absolute atomic E-state index is 0.312. The van der Waals surface area contributed by atoms with Crippen LogP contribution >= 0.6 is 0 Å². The summed E-state index contributed by atoms with van der Waals surface area (Å²) in [6.07, 6.45) is 3.02. The van der Waals surface area contributed by atoms with Gasteiger partial charge in [-0.1, -0.05) is 12.1 Å². The van der Waals surface area contributed by atoms with Gasteiger partial charge in [0.25, 0.3) is 0 Å². The number of aromatic amines is 1. The van der Waals surface area contributed by atoms with Gasteiger partial charge in [0.15, 0.2) is 11.5 Å². The van der Waals surface area contributed by atoms with Gasteiger partial charge >= 0.3 is 0 Å². The van der Waals surface area contributed by atoms with Crippen LogP contribution in [-0.4, -0.2) is 38.1 Å². The van der Waals surface area contributed by atoms with Crippen molar-refractivity contribution in [1.82, 2.24) is 19.9 Å². The highest BCUT2D eigenvalue weighted by Gasteiger charge is 2.44.